The van der Waals surface area contributed by atoms with E-state index in [1.165, 1.54) is 12.4 Å². The molecular formula is C13H9BrClFN4. The molecule has 3 rings (SSSR count). The molecule has 0 unspecified atom stereocenters. The highest BCUT2D eigenvalue weighted by molar-refractivity contribution is 9.10. The number of halogens is 3. The van der Waals surface area contributed by atoms with Crippen molar-refractivity contribution >= 4 is 33.0 Å². The van der Waals surface area contributed by atoms with Gasteiger partial charge in [0.25, 0.3) is 0 Å². The molecular weight excluding hydrogens is 347 g/mol. The molecule has 0 spiro atoms. The Morgan fingerprint density at radius 2 is 2.15 bits per heavy atom. The Morgan fingerprint density at radius 3 is 2.90 bits per heavy atom. The quantitative estimate of drug-likeness (QED) is 0.766. The summed E-state index contributed by atoms with van der Waals surface area (Å²) in [6.07, 6.45) is 3.15. The van der Waals surface area contributed by atoms with Crippen molar-refractivity contribution in [1.82, 2.24) is 14.6 Å². The smallest absolute Gasteiger partial charge is 0.137 e. The van der Waals surface area contributed by atoms with Crippen molar-refractivity contribution < 1.29 is 4.39 Å². The third-order valence-electron chi connectivity index (χ3n) is 2.98. The molecule has 2 N–H and O–H groups in total. The highest BCUT2D eigenvalue weighted by Gasteiger charge is 2.15. The van der Waals surface area contributed by atoms with Crippen LogP contribution in [0.4, 0.5) is 4.39 Å². The van der Waals surface area contributed by atoms with E-state index in [1.807, 2.05) is 6.07 Å². The zero-order chi connectivity index (χ0) is 14.3. The zero-order valence-corrected chi connectivity index (χ0v) is 12.5. The minimum absolute atomic E-state index is 0.186. The molecule has 1 aromatic carbocycles. The molecule has 0 amide bonds. The van der Waals surface area contributed by atoms with E-state index in [9.17, 15) is 4.39 Å². The second kappa shape index (κ2) is 5.12. The van der Waals surface area contributed by atoms with E-state index in [-0.39, 0.29) is 6.54 Å². The number of nitrogens with zero attached hydrogens (tertiary/aromatic N) is 3. The van der Waals surface area contributed by atoms with E-state index >= 15 is 0 Å². The molecule has 0 saturated carbocycles. The van der Waals surface area contributed by atoms with Gasteiger partial charge in [0, 0.05) is 27.8 Å². The molecule has 7 heteroatoms. The fourth-order valence-corrected chi connectivity index (χ4v) is 2.68. The Balaban J connectivity index is 2.28. The van der Waals surface area contributed by atoms with Crippen molar-refractivity contribution in [3.8, 4) is 11.3 Å². The van der Waals surface area contributed by atoms with Gasteiger partial charge in [-0.2, -0.15) is 5.10 Å². The molecule has 20 heavy (non-hydrogen) atoms. The van der Waals surface area contributed by atoms with Crippen LogP contribution in [-0.2, 0) is 6.54 Å². The minimum atomic E-state index is -0.409. The Labute approximate surface area is 127 Å². The van der Waals surface area contributed by atoms with Crippen LogP contribution in [0.2, 0.25) is 5.02 Å². The molecule has 0 bridgehead atoms. The van der Waals surface area contributed by atoms with Gasteiger partial charge in [-0.25, -0.2) is 13.9 Å². The molecule has 102 valence electrons. The average molecular weight is 356 g/mol. The molecule has 4 nitrogen and oxygen atoms in total. The largest absolute Gasteiger partial charge is 0.326 e. The maximum atomic E-state index is 14.2. The predicted molar refractivity (Wildman–Crippen MR) is 79.0 cm³/mol. The second-order valence-electron chi connectivity index (χ2n) is 4.22. The van der Waals surface area contributed by atoms with E-state index in [0.29, 0.717) is 27.4 Å². The normalized spacial score (nSPS) is 11.2. The lowest BCUT2D eigenvalue weighted by Crippen LogP contribution is -2.01. The summed E-state index contributed by atoms with van der Waals surface area (Å²) in [5, 5.41) is 4.50. The fourth-order valence-electron chi connectivity index (χ4n) is 2.03. The molecule has 0 fully saturated rings. The summed E-state index contributed by atoms with van der Waals surface area (Å²) in [6, 6.07) is 4.70. The first-order valence-electron chi connectivity index (χ1n) is 5.77. The number of benzene rings is 1. The SMILES string of the molecule is NCc1cc(F)c(-c2ncnn3cc(Br)cc23)cc1Cl. The van der Waals surface area contributed by atoms with E-state index in [2.05, 4.69) is 26.0 Å². The maximum Gasteiger partial charge on any atom is 0.137 e. The first-order valence-corrected chi connectivity index (χ1v) is 6.94. The van der Waals surface area contributed by atoms with Gasteiger partial charge in [-0.05, 0) is 39.7 Å². The van der Waals surface area contributed by atoms with E-state index in [4.69, 9.17) is 17.3 Å². The highest BCUT2D eigenvalue weighted by atomic mass is 79.9. The lowest BCUT2D eigenvalue weighted by atomic mass is 10.1. The third-order valence-corrected chi connectivity index (χ3v) is 3.77. The Morgan fingerprint density at radius 1 is 1.35 bits per heavy atom. The van der Waals surface area contributed by atoms with Crippen LogP contribution in [0.25, 0.3) is 16.8 Å². The summed E-state index contributed by atoms with van der Waals surface area (Å²) in [6.45, 7) is 0.186. The monoisotopic (exact) mass is 354 g/mol. The molecule has 0 atom stereocenters. The van der Waals surface area contributed by atoms with Gasteiger partial charge >= 0.3 is 0 Å². The molecule has 0 saturated heterocycles. The number of nitrogens with two attached hydrogens (primary N) is 1. The van der Waals surface area contributed by atoms with Gasteiger partial charge in [0.15, 0.2) is 0 Å². The lowest BCUT2D eigenvalue weighted by Gasteiger charge is -2.08. The number of hydrogen-bond acceptors (Lipinski definition) is 3. The van der Waals surface area contributed by atoms with Crippen molar-refractivity contribution in [2.45, 2.75) is 6.54 Å². The first kappa shape index (κ1) is 13.5. The average Bonchev–Trinajstić information content (AvgIpc) is 2.81. The van der Waals surface area contributed by atoms with Crippen LogP contribution in [0.15, 0.2) is 35.2 Å². The van der Waals surface area contributed by atoms with Gasteiger partial charge in [0.1, 0.15) is 17.8 Å². The van der Waals surface area contributed by atoms with Crippen LogP contribution in [0, 0.1) is 5.82 Å². The summed E-state index contributed by atoms with van der Waals surface area (Å²) < 4.78 is 16.7. The Hall–Kier alpha value is -1.50. The van der Waals surface area contributed by atoms with Crippen molar-refractivity contribution in [3.63, 3.8) is 0 Å². The van der Waals surface area contributed by atoms with Crippen LogP contribution in [-0.4, -0.2) is 14.6 Å². The lowest BCUT2D eigenvalue weighted by molar-refractivity contribution is 0.628. The minimum Gasteiger partial charge on any atom is -0.326 e. The van der Waals surface area contributed by atoms with E-state index in [0.717, 1.165) is 4.47 Å². The van der Waals surface area contributed by atoms with Crippen molar-refractivity contribution in [1.29, 1.82) is 0 Å². The van der Waals surface area contributed by atoms with Crippen LogP contribution in [0.3, 0.4) is 0 Å². The molecule has 0 aliphatic rings. The summed E-state index contributed by atoms with van der Waals surface area (Å²) in [5.74, 6) is -0.409. The van der Waals surface area contributed by atoms with Gasteiger partial charge in [0.05, 0.1) is 5.52 Å². The van der Waals surface area contributed by atoms with Crippen molar-refractivity contribution in [2.75, 3.05) is 0 Å². The number of fused-ring (bicyclic) bond motifs is 1. The van der Waals surface area contributed by atoms with Gasteiger partial charge in [-0.1, -0.05) is 11.6 Å². The Bertz CT molecular complexity index is 802. The first-order chi connectivity index (χ1) is 9.60. The van der Waals surface area contributed by atoms with Gasteiger partial charge in [-0.15, -0.1) is 0 Å². The van der Waals surface area contributed by atoms with Crippen LogP contribution < -0.4 is 5.73 Å². The molecule has 2 heterocycles. The second-order valence-corrected chi connectivity index (χ2v) is 5.55. The third kappa shape index (κ3) is 2.19. The number of hydrogen-bond donors (Lipinski definition) is 1. The predicted octanol–water partition coefficient (Wildman–Crippen LogP) is 3.41. The Kier molecular flexibility index (Phi) is 3.45. The van der Waals surface area contributed by atoms with Crippen LogP contribution in [0.5, 0.6) is 0 Å². The van der Waals surface area contributed by atoms with Gasteiger partial charge in [0.2, 0.25) is 0 Å². The standard InChI is InChI=1S/C13H9BrClFN4/c14-8-2-12-13(18-6-19-20(12)5-8)9-3-10(15)7(4-17)1-11(9)16/h1-3,5-6H,4,17H2. The van der Waals surface area contributed by atoms with Crippen molar-refractivity contribution in [3.05, 3.63) is 51.6 Å². The van der Waals surface area contributed by atoms with Gasteiger partial charge < -0.3 is 5.73 Å². The van der Waals surface area contributed by atoms with Crippen molar-refractivity contribution in [2.24, 2.45) is 5.73 Å². The van der Waals surface area contributed by atoms with E-state index in [1.54, 1.807) is 16.8 Å². The molecule has 2 aromatic heterocycles. The zero-order valence-electron chi connectivity index (χ0n) is 10.1. The summed E-state index contributed by atoms with van der Waals surface area (Å²) in [4.78, 5) is 4.17. The van der Waals surface area contributed by atoms with Gasteiger partial charge in [-0.3, -0.25) is 0 Å². The molecule has 0 radical (unpaired) electrons. The summed E-state index contributed by atoms with van der Waals surface area (Å²) >= 11 is 9.46. The summed E-state index contributed by atoms with van der Waals surface area (Å²) in [7, 11) is 0. The molecule has 0 aliphatic carbocycles. The maximum absolute atomic E-state index is 14.2. The topological polar surface area (TPSA) is 56.2 Å². The fraction of sp³-hybridized carbons (Fsp3) is 0.0769. The van der Waals surface area contributed by atoms with Crippen LogP contribution >= 0.6 is 27.5 Å². The summed E-state index contributed by atoms with van der Waals surface area (Å²) in [5.41, 5.74) is 7.57. The van der Waals surface area contributed by atoms with Crippen LogP contribution in [0.1, 0.15) is 5.56 Å². The highest BCUT2D eigenvalue weighted by Crippen LogP contribution is 2.31. The molecule has 3 aromatic rings. The number of rotatable bonds is 2. The number of aromatic nitrogens is 3. The molecule has 0 aliphatic heterocycles. The van der Waals surface area contributed by atoms with E-state index < -0.39 is 5.82 Å².